The number of aromatic nitrogens is 2. The average molecular weight is 485 g/mol. The summed E-state index contributed by atoms with van der Waals surface area (Å²) in [6.07, 6.45) is 3.93. The summed E-state index contributed by atoms with van der Waals surface area (Å²) in [5.74, 6) is 0.394. The second-order valence-corrected chi connectivity index (χ2v) is 9.34. The zero-order valence-corrected chi connectivity index (χ0v) is 19.8. The minimum atomic E-state index is -0.685. The number of H-pyrrole nitrogens is 1. The van der Waals surface area contributed by atoms with E-state index in [1.807, 2.05) is 41.9 Å². The van der Waals surface area contributed by atoms with Gasteiger partial charge in [-0.15, -0.1) is 11.3 Å². The molecule has 9 heteroatoms. The van der Waals surface area contributed by atoms with Crippen LogP contribution < -0.4 is 10.2 Å². The molecule has 35 heavy (non-hydrogen) atoms. The van der Waals surface area contributed by atoms with Crippen molar-refractivity contribution in [3.8, 4) is 6.07 Å². The SMILES string of the molecule is N#Cc1ccnc(N2CCN(C(=O)C(Cc3c[nH]c4ccccc34)NC(=O)c3cccs3)CC2)c1. The van der Waals surface area contributed by atoms with Gasteiger partial charge in [0.25, 0.3) is 5.91 Å². The predicted molar refractivity (Wildman–Crippen MR) is 135 cm³/mol. The van der Waals surface area contributed by atoms with Gasteiger partial charge in [0, 0.05) is 55.9 Å². The molecular weight excluding hydrogens is 460 g/mol. The molecular formula is C26H24N6O2S. The molecule has 1 aliphatic heterocycles. The number of pyridine rings is 1. The number of nitrogens with zero attached hydrogens (tertiary/aromatic N) is 4. The van der Waals surface area contributed by atoms with Gasteiger partial charge in [-0.2, -0.15) is 5.26 Å². The van der Waals surface area contributed by atoms with Gasteiger partial charge in [-0.3, -0.25) is 9.59 Å². The number of hydrogen-bond acceptors (Lipinski definition) is 6. The standard InChI is InChI=1S/C26H24N6O2S/c27-16-18-7-8-28-24(14-18)31-9-11-32(12-10-31)26(34)22(30-25(33)23-6-3-13-35-23)15-19-17-29-21-5-2-1-4-20(19)21/h1-8,13-14,17,22,29H,9-12,15H2,(H,30,33). The van der Waals surface area contributed by atoms with Crippen molar-refractivity contribution in [3.05, 3.63) is 82.3 Å². The van der Waals surface area contributed by atoms with Gasteiger partial charge in [0.05, 0.1) is 16.5 Å². The van der Waals surface area contributed by atoms with Gasteiger partial charge in [0.2, 0.25) is 5.91 Å². The zero-order chi connectivity index (χ0) is 24.2. The molecule has 1 fully saturated rings. The number of nitriles is 1. The summed E-state index contributed by atoms with van der Waals surface area (Å²) in [6, 6.07) is 16.4. The number of carbonyl (C=O) groups is 2. The van der Waals surface area contributed by atoms with Gasteiger partial charge < -0.3 is 20.1 Å². The van der Waals surface area contributed by atoms with E-state index < -0.39 is 6.04 Å². The van der Waals surface area contributed by atoms with Crippen molar-refractivity contribution in [1.29, 1.82) is 5.26 Å². The van der Waals surface area contributed by atoms with Gasteiger partial charge >= 0.3 is 0 Å². The summed E-state index contributed by atoms with van der Waals surface area (Å²) < 4.78 is 0. The zero-order valence-electron chi connectivity index (χ0n) is 19.0. The van der Waals surface area contributed by atoms with E-state index in [0.717, 1.165) is 22.3 Å². The summed E-state index contributed by atoms with van der Waals surface area (Å²) in [7, 11) is 0. The Morgan fingerprint density at radius 3 is 2.74 bits per heavy atom. The van der Waals surface area contributed by atoms with Crippen LogP contribution in [0.4, 0.5) is 5.82 Å². The fraction of sp³-hybridized carbons (Fsp3) is 0.231. The van der Waals surface area contributed by atoms with Crippen LogP contribution in [0.15, 0.2) is 66.3 Å². The third kappa shape index (κ3) is 4.88. The lowest BCUT2D eigenvalue weighted by Gasteiger charge is -2.37. The van der Waals surface area contributed by atoms with Crippen molar-refractivity contribution in [2.75, 3.05) is 31.1 Å². The van der Waals surface area contributed by atoms with Gasteiger partial charge in [-0.1, -0.05) is 24.3 Å². The Bertz CT molecular complexity index is 1380. The lowest BCUT2D eigenvalue weighted by molar-refractivity contribution is -0.133. The molecule has 1 atom stereocenters. The number of carbonyl (C=O) groups excluding carboxylic acids is 2. The van der Waals surface area contributed by atoms with Crippen LogP contribution in [0.5, 0.6) is 0 Å². The molecule has 5 rings (SSSR count). The maximum Gasteiger partial charge on any atom is 0.262 e. The van der Waals surface area contributed by atoms with E-state index in [1.165, 1.54) is 11.3 Å². The number of nitrogens with one attached hydrogen (secondary N) is 2. The molecule has 1 saturated heterocycles. The monoisotopic (exact) mass is 484 g/mol. The van der Waals surface area contributed by atoms with Crippen LogP contribution in [-0.2, 0) is 11.2 Å². The first kappa shape index (κ1) is 22.6. The first-order valence-corrected chi connectivity index (χ1v) is 12.3. The minimum absolute atomic E-state index is 0.0985. The second-order valence-electron chi connectivity index (χ2n) is 8.39. The average Bonchev–Trinajstić information content (AvgIpc) is 3.59. The molecule has 3 aromatic heterocycles. The van der Waals surface area contributed by atoms with Crippen LogP contribution >= 0.6 is 11.3 Å². The molecule has 0 radical (unpaired) electrons. The number of benzene rings is 1. The van der Waals surface area contributed by atoms with E-state index in [9.17, 15) is 9.59 Å². The fourth-order valence-corrected chi connectivity index (χ4v) is 5.02. The summed E-state index contributed by atoms with van der Waals surface area (Å²) in [5.41, 5.74) is 2.55. The van der Waals surface area contributed by atoms with E-state index >= 15 is 0 Å². The van der Waals surface area contributed by atoms with E-state index in [1.54, 1.807) is 29.3 Å². The normalized spacial score (nSPS) is 14.5. The Balaban J connectivity index is 1.32. The highest BCUT2D eigenvalue weighted by Crippen LogP contribution is 2.21. The molecule has 0 aliphatic carbocycles. The molecule has 4 aromatic rings. The topological polar surface area (TPSA) is 105 Å². The number of rotatable bonds is 6. The lowest BCUT2D eigenvalue weighted by atomic mass is 10.0. The number of fused-ring (bicyclic) bond motifs is 1. The van der Waals surface area contributed by atoms with Crippen LogP contribution in [0.1, 0.15) is 20.8 Å². The van der Waals surface area contributed by atoms with Crippen molar-refractivity contribution < 1.29 is 9.59 Å². The third-order valence-corrected chi connectivity index (χ3v) is 7.11. The van der Waals surface area contributed by atoms with Crippen molar-refractivity contribution in [1.82, 2.24) is 20.2 Å². The van der Waals surface area contributed by atoms with Crippen LogP contribution in [0.3, 0.4) is 0 Å². The Kier molecular flexibility index (Phi) is 6.46. The van der Waals surface area contributed by atoms with Crippen molar-refractivity contribution >= 4 is 39.9 Å². The lowest BCUT2D eigenvalue weighted by Crippen LogP contribution is -2.55. The van der Waals surface area contributed by atoms with E-state index in [2.05, 4.69) is 26.3 Å². The molecule has 1 aromatic carbocycles. The van der Waals surface area contributed by atoms with E-state index in [-0.39, 0.29) is 11.8 Å². The van der Waals surface area contributed by atoms with Gasteiger partial charge in [0.1, 0.15) is 11.9 Å². The van der Waals surface area contributed by atoms with Gasteiger partial charge in [-0.05, 0) is 35.2 Å². The number of para-hydroxylation sites is 1. The van der Waals surface area contributed by atoms with Crippen LogP contribution in [0, 0.1) is 11.3 Å². The van der Waals surface area contributed by atoms with Crippen molar-refractivity contribution in [3.63, 3.8) is 0 Å². The highest BCUT2D eigenvalue weighted by molar-refractivity contribution is 7.12. The third-order valence-electron chi connectivity index (χ3n) is 6.24. The Hall–Kier alpha value is -4.16. The molecule has 0 spiro atoms. The Morgan fingerprint density at radius 1 is 1.14 bits per heavy atom. The summed E-state index contributed by atoms with van der Waals surface area (Å²) in [4.78, 5) is 38.6. The van der Waals surface area contributed by atoms with Crippen molar-refractivity contribution in [2.24, 2.45) is 0 Å². The first-order chi connectivity index (χ1) is 17.1. The fourth-order valence-electron chi connectivity index (χ4n) is 4.39. The number of anilines is 1. The molecule has 1 aliphatic rings. The number of piperazine rings is 1. The van der Waals surface area contributed by atoms with E-state index in [4.69, 9.17) is 5.26 Å². The summed E-state index contributed by atoms with van der Waals surface area (Å²) in [6.45, 7) is 2.23. The highest BCUT2D eigenvalue weighted by atomic mass is 32.1. The van der Waals surface area contributed by atoms with E-state index in [0.29, 0.717) is 43.0 Å². The van der Waals surface area contributed by atoms with Gasteiger partial charge in [-0.25, -0.2) is 4.98 Å². The number of hydrogen-bond donors (Lipinski definition) is 2. The largest absolute Gasteiger partial charge is 0.361 e. The van der Waals surface area contributed by atoms with Crippen LogP contribution in [0.25, 0.3) is 10.9 Å². The first-order valence-electron chi connectivity index (χ1n) is 11.4. The Morgan fingerprint density at radius 2 is 1.97 bits per heavy atom. The number of thiophene rings is 1. The molecule has 4 heterocycles. The maximum atomic E-state index is 13.6. The number of amides is 2. The number of aromatic amines is 1. The summed E-state index contributed by atoms with van der Waals surface area (Å²) in [5, 5.41) is 15.0. The molecule has 2 N–H and O–H groups in total. The molecule has 2 amide bonds. The maximum absolute atomic E-state index is 13.6. The van der Waals surface area contributed by atoms with Crippen LogP contribution in [0.2, 0.25) is 0 Å². The molecule has 176 valence electrons. The molecule has 1 unspecified atom stereocenters. The highest BCUT2D eigenvalue weighted by Gasteiger charge is 2.30. The summed E-state index contributed by atoms with van der Waals surface area (Å²) >= 11 is 1.35. The second kappa shape index (κ2) is 9.99. The quantitative estimate of drug-likeness (QED) is 0.437. The Labute approximate surface area is 206 Å². The smallest absolute Gasteiger partial charge is 0.262 e. The van der Waals surface area contributed by atoms with Gasteiger partial charge in [0.15, 0.2) is 0 Å². The van der Waals surface area contributed by atoms with Crippen molar-refractivity contribution in [2.45, 2.75) is 12.5 Å². The van der Waals surface area contributed by atoms with Crippen LogP contribution in [-0.4, -0.2) is 58.9 Å². The molecule has 8 nitrogen and oxygen atoms in total. The molecule has 0 bridgehead atoms. The minimum Gasteiger partial charge on any atom is -0.361 e. The molecule has 0 saturated carbocycles. The predicted octanol–water partition coefficient (Wildman–Crippen LogP) is 3.19.